The van der Waals surface area contributed by atoms with Crippen LogP contribution in [0.1, 0.15) is 60.6 Å². The molecule has 2 aromatic carbocycles. The minimum absolute atomic E-state index is 0.120. The van der Waals surface area contributed by atoms with Crippen molar-refractivity contribution in [2.75, 3.05) is 20.3 Å². The molecule has 44 heavy (non-hydrogen) atoms. The first-order chi connectivity index (χ1) is 20.9. The molecule has 2 saturated carbocycles. The van der Waals surface area contributed by atoms with Crippen molar-refractivity contribution in [2.24, 2.45) is 11.7 Å². The third-order valence-electron chi connectivity index (χ3n) is 8.98. The molecule has 1 aromatic heterocycles. The highest BCUT2D eigenvalue weighted by Gasteiger charge is 2.49. The third kappa shape index (κ3) is 4.96. The number of nitrogens with zero attached hydrogens (tertiary/aromatic N) is 2. The number of amides is 1. The molecule has 0 spiro atoms. The van der Waals surface area contributed by atoms with Gasteiger partial charge in [-0.15, -0.1) is 0 Å². The van der Waals surface area contributed by atoms with Crippen LogP contribution in [0.15, 0.2) is 36.4 Å². The Balaban J connectivity index is 1.22. The topological polar surface area (TPSA) is 121 Å². The summed E-state index contributed by atoms with van der Waals surface area (Å²) in [6.45, 7) is 1.83. The van der Waals surface area contributed by atoms with E-state index in [1.54, 1.807) is 30.3 Å². The van der Waals surface area contributed by atoms with Crippen LogP contribution in [-0.2, 0) is 11.1 Å². The predicted molar refractivity (Wildman–Crippen MR) is 161 cm³/mol. The number of hydrogen-bond donors (Lipinski definition) is 3. The summed E-state index contributed by atoms with van der Waals surface area (Å²) in [6.07, 6.45) is 4.53. The normalized spacial score (nSPS) is 22.0. The van der Waals surface area contributed by atoms with Gasteiger partial charge in [-0.05, 0) is 56.7 Å². The zero-order valence-electron chi connectivity index (χ0n) is 24.3. The van der Waals surface area contributed by atoms with E-state index in [1.807, 2.05) is 6.92 Å². The van der Waals surface area contributed by atoms with Gasteiger partial charge in [-0.2, -0.15) is 0 Å². The van der Waals surface area contributed by atoms with E-state index in [1.165, 1.54) is 19.2 Å². The lowest BCUT2D eigenvalue weighted by molar-refractivity contribution is 0.00947. The van der Waals surface area contributed by atoms with Crippen molar-refractivity contribution in [3.05, 3.63) is 74.6 Å². The van der Waals surface area contributed by atoms with Crippen LogP contribution in [-0.4, -0.2) is 47.6 Å². The van der Waals surface area contributed by atoms with Crippen molar-refractivity contribution in [1.29, 1.82) is 0 Å². The molecule has 3 heterocycles. The number of carbonyl (C=O) groups excluding carboxylic acids is 1. The molecule has 228 valence electrons. The Kier molecular flexibility index (Phi) is 6.64. The first-order valence-electron chi connectivity index (χ1n) is 14.7. The van der Waals surface area contributed by atoms with Gasteiger partial charge in [-0.25, -0.2) is 13.8 Å². The van der Waals surface area contributed by atoms with Gasteiger partial charge >= 0.3 is 11.1 Å². The lowest BCUT2D eigenvalue weighted by Gasteiger charge is -2.30. The molecule has 0 radical (unpaired) electrons. The maximum absolute atomic E-state index is 14.5. The number of aliphatic hydroxyl groups is 1. The van der Waals surface area contributed by atoms with Crippen molar-refractivity contribution in [3.8, 4) is 22.8 Å². The molecule has 7 rings (SSSR count). The van der Waals surface area contributed by atoms with E-state index in [0.29, 0.717) is 57.3 Å². The van der Waals surface area contributed by atoms with Crippen LogP contribution in [0.4, 0.5) is 8.78 Å². The number of pyridine rings is 1. The largest absolute Gasteiger partial charge is 0.489 e. The number of nitrogens with two attached hydrogens (primary N) is 1. The fourth-order valence-corrected chi connectivity index (χ4v) is 6.26. The van der Waals surface area contributed by atoms with Gasteiger partial charge in [0.1, 0.15) is 29.4 Å². The third-order valence-corrected chi connectivity index (χ3v) is 9.36. The van der Waals surface area contributed by atoms with Crippen molar-refractivity contribution < 1.29 is 28.2 Å². The molecule has 2 aliphatic heterocycles. The molecular formula is C33H32ClF2N4O4+. The highest BCUT2D eigenvalue weighted by molar-refractivity contribution is 6.33. The number of carbonyl (C=O) groups is 1. The number of nitrogens with one attached hydrogen (secondary N) is 1. The van der Waals surface area contributed by atoms with Gasteiger partial charge in [-0.3, -0.25) is 4.79 Å². The molecule has 8 nitrogen and oxygen atoms in total. The molecule has 4 N–H and O–H groups in total. The van der Waals surface area contributed by atoms with Crippen molar-refractivity contribution in [2.45, 2.75) is 55.8 Å². The Morgan fingerprint density at radius 1 is 1.32 bits per heavy atom. The number of aromatic nitrogens is 1. The second-order valence-corrected chi connectivity index (χ2v) is 13.0. The standard InChI is InChI=1S/C33H31ClF2N4O4/c1-31(37)16-44-29-22(31)13-25(40-28(29)21-4-3-5-23(35)26(21)34)33(42,19-6-7-19)15-38-30(41)18-10-17-11-20(14-32(36)8-9-32)39-27(17)24(12-18)43-2/h3-5,10-13,19,42H,6-9,14-16,37H2,1-2H3/p+1/t31-,33+/m0/s1. The highest BCUT2D eigenvalue weighted by atomic mass is 35.5. The van der Waals surface area contributed by atoms with E-state index >= 15 is 0 Å². The Labute approximate surface area is 257 Å². The number of rotatable bonds is 9. The summed E-state index contributed by atoms with van der Waals surface area (Å²) in [5, 5.41) is 16.2. The Morgan fingerprint density at radius 2 is 2.09 bits per heavy atom. The van der Waals surface area contributed by atoms with Crippen molar-refractivity contribution in [1.82, 2.24) is 15.0 Å². The smallest absolute Gasteiger partial charge is 0.376 e. The van der Waals surface area contributed by atoms with E-state index in [4.69, 9.17) is 31.8 Å². The SMILES string of the molecule is COc1cc(C(=O)NC[C@](O)(c2cc3c(c(-c4cccc(F)c4Cl)n2)OC[C@]3(C)N)C2CC2)cc2c1=[N+]=C(CC1(F)CC1)C=2. The van der Waals surface area contributed by atoms with Crippen molar-refractivity contribution >= 4 is 29.3 Å². The van der Waals surface area contributed by atoms with Gasteiger partial charge in [0.2, 0.25) is 5.75 Å². The van der Waals surface area contributed by atoms with Crippen LogP contribution in [0.25, 0.3) is 17.3 Å². The summed E-state index contributed by atoms with van der Waals surface area (Å²) in [5.74, 6) is -0.432. The maximum atomic E-state index is 14.5. The second kappa shape index (κ2) is 10.1. The number of fused-ring (bicyclic) bond motifs is 2. The molecule has 2 atom stereocenters. The number of halogens is 3. The number of alkyl halides is 1. The van der Waals surface area contributed by atoms with Crippen LogP contribution in [0.5, 0.6) is 11.5 Å². The molecule has 2 fully saturated rings. The molecule has 1 amide bonds. The molecular weight excluding hydrogens is 590 g/mol. The van der Waals surface area contributed by atoms with Crippen molar-refractivity contribution in [3.63, 3.8) is 0 Å². The zero-order chi connectivity index (χ0) is 31.0. The molecule has 2 aliphatic carbocycles. The average Bonchev–Trinajstić information content (AvgIpc) is 3.91. The van der Waals surface area contributed by atoms with E-state index < -0.39 is 28.5 Å². The van der Waals surface area contributed by atoms with Gasteiger partial charge in [0, 0.05) is 28.8 Å². The summed E-state index contributed by atoms with van der Waals surface area (Å²) < 4.78 is 44.9. The maximum Gasteiger partial charge on any atom is 0.376 e. The van der Waals surface area contributed by atoms with Crippen LogP contribution in [0.2, 0.25) is 5.02 Å². The predicted octanol–water partition coefficient (Wildman–Crippen LogP) is 2.96. The molecule has 11 heteroatoms. The fourth-order valence-electron chi connectivity index (χ4n) is 6.05. The molecule has 0 unspecified atom stereocenters. The number of benzene rings is 2. The molecule has 3 aromatic rings. The lowest BCUT2D eigenvalue weighted by Crippen LogP contribution is -2.44. The van der Waals surface area contributed by atoms with Gasteiger partial charge in [0.15, 0.2) is 5.75 Å². The number of hydrogen-bond acceptors (Lipinski definition) is 6. The summed E-state index contributed by atoms with van der Waals surface area (Å²) >= 11 is 6.36. The van der Waals surface area contributed by atoms with E-state index in [-0.39, 0.29) is 41.9 Å². The number of ether oxygens (including phenoxy) is 2. The summed E-state index contributed by atoms with van der Waals surface area (Å²) in [7, 11) is 1.49. The summed E-state index contributed by atoms with van der Waals surface area (Å²) in [6, 6.07) is 9.40. The Bertz CT molecular complexity index is 1900. The molecule has 0 saturated heterocycles. The first kappa shape index (κ1) is 28.9. The van der Waals surface area contributed by atoms with Crippen LogP contribution in [0.3, 0.4) is 0 Å². The van der Waals surface area contributed by atoms with E-state index in [2.05, 4.69) is 9.98 Å². The summed E-state index contributed by atoms with van der Waals surface area (Å²) in [5.41, 5.74) is 5.34. The highest BCUT2D eigenvalue weighted by Crippen LogP contribution is 2.50. The van der Waals surface area contributed by atoms with E-state index in [0.717, 1.165) is 12.8 Å². The van der Waals surface area contributed by atoms with Gasteiger partial charge < -0.3 is 25.6 Å². The molecule has 0 bridgehead atoms. The quantitative estimate of drug-likeness (QED) is 0.316. The van der Waals surface area contributed by atoms with Gasteiger partial charge in [0.05, 0.1) is 41.5 Å². The number of methoxy groups -OCH3 is 1. The van der Waals surface area contributed by atoms with E-state index in [9.17, 15) is 18.7 Å². The van der Waals surface area contributed by atoms with Crippen LogP contribution < -0.4 is 35.8 Å². The molecule has 4 aliphatic rings. The Hall–Kier alpha value is -3.82. The first-order valence-corrected chi connectivity index (χ1v) is 15.0. The summed E-state index contributed by atoms with van der Waals surface area (Å²) in [4.78, 5) is 18.3. The van der Waals surface area contributed by atoms with Crippen LogP contribution in [0, 0.1) is 11.7 Å². The second-order valence-electron chi connectivity index (χ2n) is 12.6. The zero-order valence-corrected chi connectivity index (χ0v) is 25.1. The Morgan fingerprint density at radius 3 is 2.80 bits per heavy atom. The van der Waals surface area contributed by atoms with Crippen LogP contribution >= 0.6 is 11.6 Å². The van der Waals surface area contributed by atoms with Gasteiger partial charge in [-0.1, -0.05) is 28.4 Å². The minimum atomic E-state index is -1.55. The fraction of sp³-hybridized carbons (Fsp3) is 0.394. The van der Waals surface area contributed by atoms with Gasteiger partial charge in [0.25, 0.3) is 5.91 Å². The lowest BCUT2D eigenvalue weighted by atomic mass is 9.87. The minimum Gasteiger partial charge on any atom is -0.489 e. The average molecular weight is 622 g/mol. The monoisotopic (exact) mass is 621 g/mol.